The van der Waals surface area contributed by atoms with E-state index < -0.39 is 0 Å². The van der Waals surface area contributed by atoms with Crippen molar-refractivity contribution in [1.29, 1.82) is 0 Å². The first-order chi connectivity index (χ1) is 2.91. The van der Waals surface area contributed by atoms with Crippen molar-refractivity contribution in [3.8, 4) is 12.3 Å². The number of halogens is 1. The Bertz CT molecular complexity index is 88.7. The topological polar surface area (TPSA) is 26.3 Å². The van der Waals surface area contributed by atoms with Crippen molar-refractivity contribution >= 4 is 6.47 Å². The fraction of sp³-hybridized carbons (Fsp3) is 0. The van der Waals surface area contributed by atoms with Crippen LogP contribution in [0.5, 0.6) is 0 Å². The van der Waals surface area contributed by atoms with E-state index in [1.165, 1.54) is 6.11 Å². The molecule has 1 radical (unpaired) electrons. The third-order valence-corrected chi connectivity index (χ3v) is 0.131. The van der Waals surface area contributed by atoms with E-state index in [0.717, 1.165) is 12.6 Å². The lowest BCUT2D eigenvalue weighted by molar-refractivity contribution is 0.418. The van der Waals surface area contributed by atoms with Crippen LogP contribution in [0.25, 0.3) is 0 Å². The number of hydrogen-bond donors (Lipinski definition) is 0. The maximum atomic E-state index is 10.5. The van der Waals surface area contributed by atoms with Crippen molar-refractivity contribution in [2.24, 2.45) is 0 Å². The average molecular weight is 87.0 g/mol. The summed E-state index contributed by atoms with van der Waals surface area (Å²) < 4.78 is 14.0. The minimum atomic E-state index is 0.834. The number of carbonyl (C=O) groups excluding carboxylic acids is 1. The van der Waals surface area contributed by atoms with Crippen LogP contribution in [0.4, 0.5) is 4.39 Å². The van der Waals surface area contributed by atoms with Crippen LogP contribution in [0, 0.1) is 12.3 Å². The van der Waals surface area contributed by atoms with Gasteiger partial charge in [-0.1, -0.05) is 0 Å². The normalized spacial score (nSPS) is 4.83. The van der Waals surface area contributed by atoms with E-state index in [-0.39, 0.29) is 0 Å². The van der Waals surface area contributed by atoms with Crippen LogP contribution in [0.15, 0.2) is 0 Å². The highest BCUT2D eigenvalue weighted by atomic mass is 19.1. The first kappa shape index (κ1) is 4.96. The summed E-state index contributed by atoms with van der Waals surface area (Å²) in [6.45, 7) is 0.905. The molecule has 0 bridgehead atoms. The van der Waals surface area contributed by atoms with Gasteiger partial charge in [0.1, 0.15) is 6.17 Å². The lowest BCUT2D eigenvalue weighted by atomic mass is 11.2. The molecule has 0 rings (SSSR count). The van der Waals surface area contributed by atoms with Gasteiger partial charge in [-0.2, -0.15) is 0 Å². The summed E-state index contributed by atoms with van der Waals surface area (Å²) in [6.07, 6.45) is 2.19. The highest BCUT2D eigenvalue weighted by Gasteiger charge is 1.63. The molecule has 0 spiro atoms. The summed E-state index contributed by atoms with van der Waals surface area (Å²) in [7, 11) is 0. The zero-order chi connectivity index (χ0) is 4.83. The lowest BCUT2D eigenvalue weighted by Crippen LogP contribution is -1.69. The summed E-state index contributed by atoms with van der Waals surface area (Å²) in [5.74, 6) is 0. The quantitative estimate of drug-likeness (QED) is 0.419. The van der Waals surface area contributed by atoms with E-state index in [1.807, 2.05) is 0 Å². The second kappa shape index (κ2) is 3.96. The summed E-state index contributed by atoms with van der Waals surface area (Å²) in [6, 6.07) is 0. The Morgan fingerprint density at radius 2 is 2.33 bits per heavy atom. The summed E-state index contributed by atoms with van der Waals surface area (Å²) in [5, 5.41) is 0. The van der Waals surface area contributed by atoms with Crippen LogP contribution in [0.2, 0.25) is 0 Å². The number of rotatable bonds is 1. The molecule has 0 fully saturated rings. The van der Waals surface area contributed by atoms with Crippen molar-refractivity contribution in [3.05, 3.63) is 0 Å². The molecule has 0 atom stereocenters. The zero-order valence-corrected chi connectivity index (χ0v) is 2.69. The molecule has 0 aliphatic carbocycles. The van der Waals surface area contributed by atoms with Gasteiger partial charge in [0, 0.05) is 0 Å². The molecule has 6 heavy (non-hydrogen) atoms. The maximum absolute atomic E-state index is 10.5. The van der Waals surface area contributed by atoms with Gasteiger partial charge in [-0.05, 0) is 0 Å². The smallest absolute Gasteiger partial charge is 0.361 e. The predicted octanol–water partition coefficient (Wildman–Crippen LogP) is -0.0419. The predicted molar refractivity (Wildman–Crippen MR) is 15.7 cm³/mol. The lowest BCUT2D eigenvalue weighted by Gasteiger charge is -1.62. The third kappa shape index (κ3) is 2.96. The van der Waals surface area contributed by atoms with Gasteiger partial charge in [0.05, 0.1) is 0 Å². The van der Waals surface area contributed by atoms with Gasteiger partial charge in [0.15, 0.2) is 6.11 Å². The molecule has 0 aromatic carbocycles. The maximum Gasteiger partial charge on any atom is 0.432 e. The Balaban J connectivity index is 3.00. The van der Waals surface area contributed by atoms with Gasteiger partial charge in [0.25, 0.3) is 0 Å². The molecule has 0 heterocycles. The Labute approximate surface area is 33.9 Å². The summed E-state index contributed by atoms with van der Waals surface area (Å²) >= 11 is 0. The fourth-order valence-corrected chi connectivity index (χ4v) is 0.0401. The third-order valence-electron chi connectivity index (χ3n) is 0.131. The van der Waals surface area contributed by atoms with Crippen LogP contribution in [-0.4, -0.2) is 6.47 Å². The minimum absolute atomic E-state index is 0.834. The minimum Gasteiger partial charge on any atom is -0.361 e. The molecule has 0 N–H and O–H groups in total. The molecule has 0 aliphatic heterocycles. The van der Waals surface area contributed by atoms with Crippen LogP contribution >= 0.6 is 0 Å². The average Bonchev–Trinajstić information content (AvgIpc) is 1.61. The molecular weight excluding hydrogens is 87.0 g/mol. The van der Waals surface area contributed by atoms with Crippen LogP contribution < -0.4 is 0 Å². The Morgan fingerprint density at radius 1 is 1.67 bits per heavy atom. The van der Waals surface area contributed by atoms with E-state index in [0.29, 0.717) is 0 Å². The molecule has 0 saturated heterocycles. The van der Waals surface area contributed by atoms with E-state index >= 15 is 0 Å². The van der Waals surface area contributed by atoms with Gasteiger partial charge in [0.2, 0.25) is 0 Å². The van der Waals surface area contributed by atoms with Crippen molar-refractivity contribution in [1.82, 2.24) is 0 Å². The summed E-state index contributed by atoms with van der Waals surface area (Å²) in [5.41, 5.74) is 0. The molecule has 0 aromatic rings. The first-order valence-electron chi connectivity index (χ1n) is 1.05. The van der Waals surface area contributed by atoms with Crippen molar-refractivity contribution in [2.75, 3.05) is 0 Å². The van der Waals surface area contributed by atoms with E-state index in [4.69, 9.17) is 4.79 Å². The van der Waals surface area contributed by atoms with Crippen LogP contribution in [-0.2, 0) is 9.53 Å². The number of hydrogen-bond acceptors (Lipinski definition) is 2. The van der Waals surface area contributed by atoms with Crippen LogP contribution in [0.3, 0.4) is 0 Å². The zero-order valence-electron chi connectivity index (χ0n) is 2.69. The molecular formula is C3FO2. The molecule has 0 amide bonds. The van der Waals surface area contributed by atoms with Gasteiger partial charge in [-0.3, -0.25) is 0 Å². The second-order valence-electron chi connectivity index (χ2n) is 0.382. The molecule has 3 heteroatoms. The van der Waals surface area contributed by atoms with Gasteiger partial charge >= 0.3 is 6.47 Å². The monoisotopic (exact) mass is 87.0 g/mol. The molecule has 0 aliphatic rings. The molecule has 0 aromatic heterocycles. The number of ether oxygens (including phenoxy) is 1. The van der Waals surface area contributed by atoms with E-state index in [9.17, 15) is 4.39 Å². The van der Waals surface area contributed by atoms with Crippen molar-refractivity contribution in [2.45, 2.75) is 0 Å². The van der Waals surface area contributed by atoms with Crippen molar-refractivity contribution in [3.63, 3.8) is 0 Å². The highest BCUT2D eigenvalue weighted by molar-refractivity contribution is 5.40. The molecule has 31 valence electrons. The molecule has 0 unspecified atom stereocenters. The van der Waals surface area contributed by atoms with Gasteiger partial charge in [-0.15, -0.1) is 4.39 Å². The molecule has 0 saturated carbocycles. The van der Waals surface area contributed by atoms with Gasteiger partial charge < -0.3 is 4.74 Å². The summed E-state index contributed by atoms with van der Waals surface area (Å²) in [4.78, 5) is 8.95. The Kier molecular flexibility index (Phi) is 3.27. The Morgan fingerprint density at radius 3 is 2.50 bits per heavy atom. The first-order valence-corrected chi connectivity index (χ1v) is 1.05. The standard InChI is InChI=1S/C3FO2/c4-1-2-6-3-5. The second-order valence-corrected chi connectivity index (χ2v) is 0.382. The molecule has 2 nitrogen and oxygen atoms in total. The highest BCUT2D eigenvalue weighted by Crippen LogP contribution is 1.55. The Hall–Kier alpha value is -1.04. The largest absolute Gasteiger partial charge is 0.432 e. The van der Waals surface area contributed by atoms with Crippen LogP contribution in [0.1, 0.15) is 0 Å². The van der Waals surface area contributed by atoms with E-state index in [2.05, 4.69) is 4.74 Å². The van der Waals surface area contributed by atoms with E-state index in [1.54, 1.807) is 0 Å². The SMILES string of the molecule is O=[C]OC#CF. The van der Waals surface area contributed by atoms with Gasteiger partial charge in [-0.25, -0.2) is 4.79 Å². The fourth-order valence-electron chi connectivity index (χ4n) is 0.0401. The van der Waals surface area contributed by atoms with Crippen molar-refractivity contribution < 1.29 is 13.9 Å².